The van der Waals surface area contributed by atoms with Crippen LogP contribution in [0.1, 0.15) is 12.1 Å². The summed E-state index contributed by atoms with van der Waals surface area (Å²) in [4.78, 5) is 12.6. The van der Waals surface area contributed by atoms with Crippen molar-refractivity contribution in [1.82, 2.24) is 4.98 Å². The van der Waals surface area contributed by atoms with Crippen molar-refractivity contribution in [3.63, 3.8) is 0 Å². The van der Waals surface area contributed by atoms with Crippen LogP contribution in [-0.2, 0) is 9.05 Å². The molecule has 0 saturated heterocycles. The van der Waals surface area contributed by atoms with Crippen LogP contribution in [0.3, 0.4) is 0 Å². The Morgan fingerprint density at radius 3 is 2.40 bits per heavy atom. The Balaban J connectivity index is 3.58. The summed E-state index contributed by atoms with van der Waals surface area (Å²) in [5.74, 6) is -1.23. The molecular formula is C6H4ClF2NO4S. The number of aromatic nitrogens is 1. The molecule has 1 heterocycles. The number of hydrogen-bond donors (Lipinski definition) is 2. The lowest BCUT2D eigenvalue weighted by Crippen LogP contribution is -2.10. The van der Waals surface area contributed by atoms with Crippen molar-refractivity contribution in [2.75, 3.05) is 0 Å². The molecule has 0 aliphatic rings. The largest absolute Gasteiger partial charge is 0.503 e. The van der Waals surface area contributed by atoms with E-state index in [1.54, 1.807) is 4.98 Å². The molecule has 0 aliphatic heterocycles. The third-order valence-electron chi connectivity index (χ3n) is 1.49. The van der Waals surface area contributed by atoms with Crippen molar-refractivity contribution in [3.05, 3.63) is 22.0 Å². The van der Waals surface area contributed by atoms with Crippen LogP contribution in [0.25, 0.3) is 0 Å². The number of halogens is 3. The maximum atomic E-state index is 12.2. The van der Waals surface area contributed by atoms with Crippen molar-refractivity contribution >= 4 is 19.7 Å². The van der Waals surface area contributed by atoms with E-state index in [0.29, 0.717) is 6.07 Å². The first-order chi connectivity index (χ1) is 6.73. The Kier molecular flexibility index (Phi) is 3.00. The number of aromatic hydroxyl groups is 1. The molecule has 0 aromatic carbocycles. The van der Waals surface area contributed by atoms with Gasteiger partial charge in [-0.15, -0.1) is 0 Å². The molecule has 0 fully saturated rings. The van der Waals surface area contributed by atoms with Crippen LogP contribution in [0.2, 0.25) is 0 Å². The number of alkyl halides is 2. The fourth-order valence-corrected chi connectivity index (χ4v) is 1.57. The van der Waals surface area contributed by atoms with E-state index in [4.69, 9.17) is 15.8 Å². The average Bonchev–Trinajstić information content (AvgIpc) is 2.06. The molecule has 15 heavy (non-hydrogen) atoms. The minimum Gasteiger partial charge on any atom is -0.503 e. The quantitative estimate of drug-likeness (QED) is 0.774. The maximum absolute atomic E-state index is 12.2. The van der Waals surface area contributed by atoms with Gasteiger partial charge >= 0.3 is 0 Å². The molecule has 0 aliphatic carbocycles. The Morgan fingerprint density at radius 1 is 1.47 bits per heavy atom. The van der Waals surface area contributed by atoms with Gasteiger partial charge in [0, 0.05) is 16.7 Å². The van der Waals surface area contributed by atoms with Crippen LogP contribution >= 0.6 is 10.7 Å². The lowest BCUT2D eigenvalue weighted by Gasteiger charge is -2.04. The molecule has 5 nitrogen and oxygen atoms in total. The van der Waals surface area contributed by atoms with E-state index in [1.807, 2.05) is 0 Å². The molecule has 9 heteroatoms. The second-order valence-corrected chi connectivity index (χ2v) is 5.03. The predicted molar refractivity (Wildman–Crippen MR) is 46.7 cm³/mol. The molecule has 0 bridgehead atoms. The molecule has 84 valence electrons. The van der Waals surface area contributed by atoms with Gasteiger partial charge in [-0.3, -0.25) is 4.79 Å². The summed E-state index contributed by atoms with van der Waals surface area (Å²) in [5.41, 5.74) is -2.43. The minimum atomic E-state index is -4.33. The molecule has 1 aromatic heterocycles. The van der Waals surface area contributed by atoms with Crippen molar-refractivity contribution in [1.29, 1.82) is 0 Å². The molecule has 0 saturated carbocycles. The van der Waals surface area contributed by atoms with Gasteiger partial charge < -0.3 is 10.1 Å². The summed E-state index contributed by atoms with van der Waals surface area (Å²) >= 11 is 0. The topological polar surface area (TPSA) is 87.2 Å². The van der Waals surface area contributed by atoms with Crippen LogP contribution < -0.4 is 5.43 Å². The Labute approximate surface area is 86.7 Å². The first kappa shape index (κ1) is 11.9. The summed E-state index contributed by atoms with van der Waals surface area (Å²) in [6.45, 7) is 0. The first-order valence-electron chi connectivity index (χ1n) is 3.42. The smallest absolute Gasteiger partial charge is 0.282 e. The van der Waals surface area contributed by atoms with Gasteiger partial charge in [0.15, 0.2) is 10.8 Å². The molecule has 0 spiro atoms. The van der Waals surface area contributed by atoms with E-state index >= 15 is 0 Å². The van der Waals surface area contributed by atoms with Crippen molar-refractivity contribution in [2.45, 2.75) is 11.5 Å². The van der Waals surface area contributed by atoms with E-state index in [2.05, 4.69) is 0 Å². The van der Waals surface area contributed by atoms with E-state index in [0.717, 1.165) is 0 Å². The van der Waals surface area contributed by atoms with E-state index < -0.39 is 37.4 Å². The average molecular weight is 260 g/mol. The van der Waals surface area contributed by atoms with Crippen molar-refractivity contribution < 1.29 is 22.3 Å². The fraction of sp³-hybridized carbons (Fsp3) is 0.167. The van der Waals surface area contributed by atoms with Crippen molar-refractivity contribution in [2.24, 2.45) is 0 Å². The molecule has 2 N–H and O–H groups in total. The van der Waals surface area contributed by atoms with E-state index in [9.17, 15) is 22.0 Å². The normalized spacial score (nSPS) is 12.0. The standard InChI is InChI=1S/C6H4ClF2NO4S/c7-15(13,14)3-1-2(11)5(12)4(10-3)6(8)9/h1,6,12H,(H,10,11). The third-order valence-corrected chi connectivity index (χ3v) is 2.73. The van der Waals surface area contributed by atoms with Gasteiger partial charge in [0.05, 0.1) is 0 Å². The molecule has 0 unspecified atom stereocenters. The number of hydrogen-bond acceptors (Lipinski definition) is 4. The van der Waals surface area contributed by atoms with Gasteiger partial charge in [-0.25, -0.2) is 17.2 Å². The van der Waals surface area contributed by atoms with Crippen LogP contribution in [0.4, 0.5) is 8.78 Å². The minimum absolute atomic E-state index is 0.420. The maximum Gasteiger partial charge on any atom is 0.282 e. The van der Waals surface area contributed by atoms with Gasteiger partial charge in [-0.1, -0.05) is 0 Å². The number of H-pyrrole nitrogens is 1. The molecule has 0 amide bonds. The molecule has 1 rings (SSSR count). The van der Waals surface area contributed by atoms with Crippen molar-refractivity contribution in [3.8, 4) is 5.75 Å². The number of rotatable bonds is 2. The van der Waals surface area contributed by atoms with Gasteiger partial charge in [-0.2, -0.15) is 0 Å². The van der Waals surface area contributed by atoms with Gasteiger partial charge in [-0.05, 0) is 0 Å². The highest BCUT2D eigenvalue weighted by atomic mass is 35.7. The van der Waals surface area contributed by atoms with Crippen LogP contribution in [0.5, 0.6) is 5.75 Å². The summed E-state index contributed by atoms with van der Waals surface area (Å²) < 4.78 is 45.9. The van der Waals surface area contributed by atoms with Crippen LogP contribution in [0.15, 0.2) is 15.9 Å². The summed E-state index contributed by atoms with van der Waals surface area (Å²) in [5, 5.41) is 8.01. The lowest BCUT2D eigenvalue weighted by molar-refractivity contribution is 0.140. The SMILES string of the molecule is O=c1cc(S(=O)(=O)Cl)[nH]c(C(F)F)c1O. The zero-order valence-electron chi connectivity index (χ0n) is 6.87. The number of aromatic amines is 1. The lowest BCUT2D eigenvalue weighted by atomic mass is 10.3. The third kappa shape index (κ3) is 2.45. The van der Waals surface area contributed by atoms with E-state index in [-0.39, 0.29) is 0 Å². The highest BCUT2D eigenvalue weighted by molar-refractivity contribution is 8.13. The Morgan fingerprint density at radius 2 is 2.00 bits per heavy atom. The first-order valence-corrected chi connectivity index (χ1v) is 5.73. The molecule has 0 radical (unpaired) electrons. The zero-order valence-corrected chi connectivity index (χ0v) is 8.44. The van der Waals surface area contributed by atoms with Gasteiger partial charge in [0.2, 0.25) is 5.43 Å². The molecule has 1 aromatic rings. The molecule has 0 atom stereocenters. The summed E-state index contributed by atoms with van der Waals surface area (Å²) in [6, 6.07) is 0.420. The summed E-state index contributed by atoms with van der Waals surface area (Å²) in [6.07, 6.45) is -3.21. The van der Waals surface area contributed by atoms with E-state index in [1.165, 1.54) is 0 Å². The predicted octanol–water partition coefficient (Wildman–Crippen LogP) is 0.946. The number of nitrogens with one attached hydrogen (secondary N) is 1. The second kappa shape index (κ2) is 3.78. The molecular weight excluding hydrogens is 256 g/mol. The highest BCUT2D eigenvalue weighted by Gasteiger charge is 2.21. The monoisotopic (exact) mass is 259 g/mol. The van der Waals surface area contributed by atoms with Crippen LogP contribution in [-0.4, -0.2) is 18.5 Å². The zero-order chi connectivity index (χ0) is 11.8. The van der Waals surface area contributed by atoms with Crippen LogP contribution in [0, 0.1) is 0 Å². The summed E-state index contributed by atoms with van der Waals surface area (Å²) in [7, 11) is 0.509. The fourth-order valence-electron chi connectivity index (χ4n) is 0.837. The number of pyridine rings is 1. The van der Waals surface area contributed by atoms with Gasteiger partial charge in [0.25, 0.3) is 15.5 Å². The highest BCUT2D eigenvalue weighted by Crippen LogP contribution is 2.24. The Hall–Kier alpha value is -1.15. The second-order valence-electron chi connectivity index (χ2n) is 2.50. The van der Waals surface area contributed by atoms with Gasteiger partial charge in [0.1, 0.15) is 5.69 Å². The Bertz CT molecular complexity index is 539.